The summed E-state index contributed by atoms with van der Waals surface area (Å²) in [5.41, 5.74) is 3.02. The second kappa shape index (κ2) is 9.90. The van der Waals surface area contributed by atoms with Crippen molar-refractivity contribution in [2.24, 2.45) is 0 Å². The molecule has 0 radical (unpaired) electrons. The summed E-state index contributed by atoms with van der Waals surface area (Å²) in [4.78, 5) is 2.34. The zero-order chi connectivity index (χ0) is 19.8. The molecule has 0 N–H and O–H groups in total. The average molecular weight is 380 g/mol. The smallest absolute Gasteiger partial charge is 0.119 e. The van der Waals surface area contributed by atoms with E-state index in [9.17, 15) is 0 Å². The monoisotopic (exact) mass is 380 g/mol. The maximum Gasteiger partial charge on any atom is 0.119 e. The highest BCUT2D eigenvalue weighted by atomic mass is 16.5. The van der Waals surface area contributed by atoms with Crippen molar-refractivity contribution in [1.29, 1.82) is 0 Å². The number of benzene rings is 2. The Kier molecular flexibility index (Phi) is 7.03. The van der Waals surface area contributed by atoms with Gasteiger partial charge in [-0.1, -0.05) is 31.2 Å². The van der Waals surface area contributed by atoms with Crippen LogP contribution < -0.4 is 9.47 Å². The molecule has 0 bridgehead atoms. The van der Waals surface area contributed by atoms with E-state index in [1.54, 1.807) is 7.11 Å². The Hall–Kier alpha value is -2.86. The van der Waals surface area contributed by atoms with Crippen LogP contribution in [0, 0.1) is 0 Å². The van der Waals surface area contributed by atoms with Crippen LogP contribution in [0.5, 0.6) is 11.5 Å². The van der Waals surface area contributed by atoms with E-state index in [4.69, 9.17) is 9.47 Å². The molecule has 0 aliphatic heterocycles. The lowest BCUT2D eigenvalue weighted by molar-refractivity contribution is 0.223. The molecule has 0 spiro atoms. The van der Waals surface area contributed by atoms with Crippen LogP contribution in [0.4, 0.5) is 0 Å². The molecule has 0 unspecified atom stereocenters. The molecule has 0 atom stereocenters. The summed E-state index contributed by atoms with van der Waals surface area (Å²) in [6.45, 7) is 8.73. The minimum atomic E-state index is 0.670. The van der Waals surface area contributed by atoms with Gasteiger partial charge in [-0.15, -0.1) is 5.10 Å². The van der Waals surface area contributed by atoms with Gasteiger partial charge in [0.2, 0.25) is 0 Å². The molecule has 0 aliphatic carbocycles. The summed E-state index contributed by atoms with van der Waals surface area (Å²) >= 11 is 0. The number of likely N-dealkylation sites (N-methyl/N-ethyl adjacent to an activating group) is 1. The van der Waals surface area contributed by atoms with Gasteiger partial charge in [0.25, 0.3) is 0 Å². The van der Waals surface area contributed by atoms with Crippen molar-refractivity contribution >= 4 is 0 Å². The molecule has 0 saturated heterocycles. The van der Waals surface area contributed by atoms with Gasteiger partial charge in [0.05, 0.1) is 19.9 Å². The zero-order valence-electron chi connectivity index (χ0n) is 16.8. The molecule has 3 rings (SSSR count). The van der Waals surface area contributed by atoms with E-state index < -0.39 is 0 Å². The fourth-order valence-electron chi connectivity index (χ4n) is 2.98. The summed E-state index contributed by atoms with van der Waals surface area (Å²) in [5, 5.41) is 8.53. The van der Waals surface area contributed by atoms with E-state index >= 15 is 0 Å². The van der Waals surface area contributed by atoms with Crippen molar-refractivity contribution in [2.45, 2.75) is 20.4 Å². The molecule has 1 aromatic heterocycles. The van der Waals surface area contributed by atoms with Crippen LogP contribution in [0.1, 0.15) is 19.4 Å². The lowest BCUT2D eigenvalue weighted by Gasteiger charge is -2.18. The molecule has 0 aliphatic rings. The van der Waals surface area contributed by atoms with Crippen molar-refractivity contribution < 1.29 is 9.47 Å². The highest BCUT2D eigenvalue weighted by Crippen LogP contribution is 2.21. The van der Waals surface area contributed by atoms with Crippen molar-refractivity contribution in [2.75, 3.05) is 33.4 Å². The fraction of sp³-hybridized carbons (Fsp3) is 0.364. The Morgan fingerprint density at radius 1 is 0.929 bits per heavy atom. The molecular weight excluding hydrogens is 352 g/mol. The third-order valence-corrected chi connectivity index (χ3v) is 4.76. The minimum Gasteiger partial charge on any atom is -0.497 e. The lowest BCUT2D eigenvalue weighted by Crippen LogP contribution is -2.27. The van der Waals surface area contributed by atoms with Crippen LogP contribution in [0.3, 0.4) is 0 Å². The number of ether oxygens (including phenoxy) is 2. The normalized spacial score (nSPS) is 11.0. The van der Waals surface area contributed by atoms with Gasteiger partial charge in [0.15, 0.2) is 0 Å². The quantitative estimate of drug-likeness (QED) is 0.536. The molecule has 0 fully saturated rings. The molecule has 6 heteroatoms. The maximum absolute atomic E-state index is 5.84. The molecule has 0 saturated carbocycles. The molecule has 1 heterocycles. The van der Waals surface area contributed by atoms with Gasteiger partial charge in [-0.3, -0.25) is 0 Å². The van der Waals surface area contributed by atoms with Crippen molar-refractivity contribution in [1.82, 2.24) is 19.9 Å². The van der Waals surface area contributed by atoms with Crippen LogP contribution >= 0.6 is 0 Å². The number of rotatable bonds is 10. The first-order chi connectivity index (χ1) is 13.7. The Morgan fingerprint density at radius 2 is 1.61 bits per heavy atom. The van der Waals surface area contributed by atoms with Gasteiger partial charge in [-0.05, 0) is 55.1 Å². The Labute approximate surface area is 166 Å². The summed E-state index contributed by atoms with van der Waals surface area (Å²) < 4.78 is 12.9. The van der Waals surface area contributed by atoms with E-state index in [1.807, 2.05) is 59.4 Å². The zero-order valence-corrected chi connectivity index (χ0v) is 16.8. The largest absolute Gasteiger partial charge is 0.497 e. The average Bonchev–Trinajstić information content (AvgIpc) is 3.21. The van der Waals surface area contributed by atoms with Gasteiger partial charge in [0.1, 0.15) is 23.8 Å². The number of nitrogens with zero attached hydrogens (tertiary/aromatic N) is 4. The fourth-order valence-corrected chi connectivity index (χ4v) is 2.98. The summed E-state index contributed by atoms with van der Waals surface area (Å²) in [6, 6.07) is 16.0. The minimum absolute atomic E-state index is 0.670. The van der Waals surface area contributed by atoms with Gasteiger partial charge >= 0.3 is 0 Å². The Balaban J connectivity index is 1.56. The van der Waals surface area contributed by atoms with Crippen LogP contribution in [0.15, 0.2) is 54.7 Å². The van der Waals surface area contributed by atoms with Crippen LogP contribution in [0.25, 0.3) is 11.3 Å². The highest BCUT2D eigenvalue weighted by Gasteiger charge is 2.06. The van der Waals surface area contributed by atoms with E-state index in [1.165, 1.54) is 0 Å². The summed E-state index contributed by atoms with van der Waals surface area (Å²) in [6.07, 6.45) is 1.96. The van der Waals surface area contributed by atoms with Gasteiger partial charge in [0, 0.05) is 12.1 Å². The molecular formula is C22H28N4O2. The number of methoxy groups -OCH3 is 1. The molecule has 28 heavy (non-hydrogen) atoms. The van der Waals surface area contributed by atoms with E-state index in [-0.39, 0.29) is 0 Å². The first-order valence-corrected chi connectivity index (χ1v) is 9.70. The topological polar surface area (TPSA) is 52.4 Å². The Morgan fingerprint density at radius 3 is 2.25 bits per heavy atom. The third kappa shape index (κ3) is 5.33. The van der Waals surface area contributed by atoms with Crippen molar-refractivity contribution in [3.63, 3.8) is 0 Å². The number of hydrogen-bond donors (Lipinski definition) is 0. The van der Waals surface area contributed by atoms with Crippen molar-refractivity contribution in [3.8, 4) is 22.8 Å². The number of aromatic nitrogens is 3. The van der Waals surface area contributed by atoms with Crippen LogP contribution in [0.2, 0.25) is 0 Å². The van der Waals surface area contributed by atoms with Gasteiger partial charge < -0.3 is 14.4 Å². The highest BCUT2D eigenvalue weighted by molar-refractivity contribution is 5.58. The standard InChI is InChI=1S/C22H28N4O2/c1-4-25(5-2)14-15-28-21-12-8-19(9-13-21)22-17-26(24-23-22)16-18-6-10-20(27-3)11-7-18/h6-13,17H,4-5,14-16H2,1-3H3. The first-order valence-electron chi connectivity index (χ1n) is 9.70. The Bertz CT molecular complexity index is 840. The number of hydrogen-bond acceptors (Lipinski definition) is 5. The first kappa shape index (κ1) is 19.9. The molecule has 6 nitrogen and oxygen atoms in total. The van der Waals surface area contributed by atoms with Crippen molar-refractivity contribution in [3.05, 3.63) is 60.3 Å². The molecule has 3 aromatic rings. The second-order valence-corrected chi connectivity index (χ2v) is 6.55. The van der Waals surface area contributed by atoms with Crippen LogP contribution in [-0.2, 0) is 6.54 Å². The predicted octanol–water partition coefficient (Wildman–Crippen LogP) is 3.72. The van der Waals surface area contributed by atoms with Gasteiger partial charge in [-0.25, -0.2) is 4.68 Å². The SMILES string of the molecule is CCN(CC)CCOc1ccc(-c2cn(Cc3ccc(OC)cc3)nn2)cc1. The summed E-state index contributed by atoms with van der Waals surface area (Å²) in [5.74, 6) is 1.73. The molecule has 0 amide bonds. The molecule has 2 aromatic carbocycles. The van der Waals surface area contributed by atoms with E-state index in [0.29, 0.717) is 13.2 Å². The van der Waals surface area contributed by atoms with Crippen LogP contribution in [-0.4, -0.2) is 53.2 Å². The van der Waals surface area contributed by atoms with E-state index in [2.05, 4.69) is 29.1 Å². The third-order valence-electron chi connectivity index (χ3n) is 4.76. The molecule has 148 valence electrons. The lowest BCUT2D eigenvalue weighted by atomic mass is 10.1. The van der Waals surface area contributed by atoms with Gasteiger partial charge in [-0.2, -0.15) is 0 Å². The predicted molar refractivity (Wildman–Crippen MR) is 111 cm³/mol. The summed E-state index contributed by atoms with van der Waals surface area (Å²) in [7, 11) is 1.67. The van der Waals surface area contributed by atoms with E-state index in [0.717, 1.165) is 48.0 Å². The maximum atomic E-state index is 5.84. The second-order valence-electron chi connectivity index (χ2n) is 6.55.